The summed E-state index contributed by atoms with van der Waals surface area (Å²) < 4.78 is 10.6. The summed E-state index contributed by atoms with van der Waals surface area (Å²) in [5.41, 5.74) is 3.42. The minimum absolute atomic E-state index is 0.594. The molecule has 0 aliphatic heterocycles. The van der Waals surface area contributed by atoms with Gasteiger partial charge in [0.25, 0.3) is 0 Å². The molecule has 0 heterocycles. The molecule has 0 aliphatic carbocycles. The summed E-state index contributed by atoms with van der Waals surface area (Å²) in [5, 5.41) is 7.01. The van der Waals surface area contributed by atoms with E-state index in [2.05, 4.69) is 41.8 Å². The Morgan fingerprint density at radius 2 is 1.64 bits per heavy atom. The molecule has 0 saturated heterocycles. The van der Waals surface area contributed by atoms with Gasteiger partial charge in [-0.25, -0.2) is 0 Å². The van der Waals surface area contributed by atoms with Gasteiger partial charge in [-0.3, -0.25) is 0 Å². The van der Waals surface area contributed by atoms with Gasteiger partial charge in [0, 0.05) is 12.2 Å². The number of ether oxygens (including phenoxy) is 2. The van der Waals surface area contributed by atoms with E-state index < -0.39 is 0 Å². The molecule has 0 bridgehead atoms. The minimum Gasteiger partial charge on any atom is -0.493 e. The standard InChI is InChI=1S/C20H26N2O2S/c1-4-5-6-15-7-10-17(11-8-15)22-20(25)21-14-16-9-12-18(23-2)19(13-16)24-3/h7-13H,4-6,14H2,1-3H3,(H2,21,22,25). The van der Waals surface area contributed by atoms with Crippen molar-refractivity contribution in [2.24, 2.45) is 0 Å². The summed E-state index contributed by atoms with van der Waals surface area (Å²) in [6.45, 7) is 2.82. The van der Waals surface area contributed by atoms with Crippen LogP contribution < -0.4 is 20.1 Å². The van der Waals surface area contributed by atoms with Crippen molar-refractivity contribution in [1.82, 2.24) is 5.32 Å². The maximum Gasteiger partial charge on any atom is 0.171 e. The molecule has 0 atom stereocenters. The maximum atomic E-state index is 5.37. The average molecular weight is 359 g/mol. The first-order valence-corrected chi connectivity index (χ1v) is 8.91. The first kappa shape index (κ1) is 19.1. The molecule has 0 radical (unpaired) electrons. The topological polar surface area (TPSA) is 42.5 Å². The predicted octanol–water partition coefficient (Wildman–Crippen LogP) is 4.53. The van der Waals surface area contributed by atoms with Crippen LogP contribution >= 0.6 is 12.2 Å². The van der Waals surface area contributed by atoms with E-state index in [1.807, 2.05) is 18.2 Å². The van der Waals surface area contributed by atoms with E-state index >= 15 is 0 Å². The molecule has 2 N–H and O–H groups in total. The highest BCUT2D eigenvalue weighted by molar-refractivity contribution is 7.80. The minimum atomic E-state index is 0.594. The van der Waals surface area contributed by atoms with Crippen molar-refractivity contribution >= 4 is 23.0 Å². The van der Waals surface area contributed by atoms with E-state index in [0.29, 0.717) is 17.4 Å². The Morgan fingerprint density at radius 3 is 2.28 bits per heavy atom. The van der Waals surface area contributed by atoms with Crippen molar-refractivity contribution in [3.63, 3.8) is 0 Å². The van der Waals surface area contributed by atoms with Crippen molar-refractivity contribution in [1.29, 1.82) is 0 Å². The van der Waals surface area contributed by atoms with Gasteiger partial charge in [0.1, 0.15) is 0 Å². The monoisotopic (exact) mass is 358 g/mol. The number of aryl methyl sites for hydroxylation is 1. The second-order valence-electron chi connectivity index (χ2n) is 5.80. The largest absolute Gasteiger partial charge is 0.493 e. The van der Waals surface area contributed by atoms with Gasteiger partial charge < -0.3 is 20.1 Å². The lowest BCUT2D eigenvalue weighted by Crippen LogP contribution is -2.27. The van der Waals surface area contributed by atoms with Gasteiger partial charge in [0.05, 0.1) is 14.2 Å². The van der Waals surface area contributed by atoms with E-state index in [9.17, 15) is 0 Å². The zero-order valence-corrected chi connectivity index (χ0v) is 15.9. The van der Waals surface area contributed by atoms with Crippen LogP contribution in [-0.2, 0) is 13.0 Å². The fourth-order valence-electron chi connectivity index (χ4n) is 2.48. The normalized spacial score (nSPS) is 10.2. The number of hydrogen-bond acceptors (Lipinski definition) is 3. The Hall–Kier alpha value is -2.27. The van der Waals surface area contributed by atoms with Crippen molar-refractivity contribution in [3.8, 4) is 11.5 Å². The van der Waals surface area contributed by atoms with Crippen molar-refractivity contribution in [3.05, 3.63) is 53.6 Å². The number of benzene rings is 2. The third kappa shape index (κ3) is 5.94. The fraction of sp³-hybridized carbons (Fsp3) is 0.350. The lowest BCUT2D eigenvalue weighted by molar-refractivity contribution is 0.354. The van der Waals surface area contributed by atoms with Crippen LogP contribution in [-0.4, -0.2) is 19.3 Å². The maximum absolute atomic E-state index is 5.37. The first-order valence-electron chi connectivity index (χ1n) is 8.51. The molecule has 4 nitrogen and oxygen atoms in total. The van der Waals surface area contributed by atoms with Gasteiger partial charge in [0.15, 0.2) is 16.6 Å². The van der Waals surface area contributed by atoms with Gasteiger partial charge in [-0.05, 0) is 60.5 Å². The summed E-state index contributed by atoms with van der Waals surface area (Å²) in [5.74, 6) is 1.43. The Bertz CT molecular complexity index is 687. The third-order valence-electron chi connectivity index (χ3n) is 3.93. The van der Waals surface area contributed by atoms with E-state index in [1.165, 1.54) is 18.4 Å². The van der Waals surface area contributed by atoms with Crippen LogP contribution in [0.5, 0.6) is 11.5 Å². The Labute approximate surface area is 155 Å². The van der Waals surface area contributed by atoms with Crippen LogP contribution in [0.15, 0.2) is 42.5 Å². The lowest BCUT2D eigenvalue weighted by atomic mass is 10.1. The molecular formula is C20H26N2O2S. The van der Waals surface area contributed by atoms with E-state index in [-0.39, 0.29) is 0 Å². The number of hydrogen-bond donors (Lipinski definition) is 2. The summed E-state index contributed by atoms with van der Waals surface area (Å²) >= 11 is 5.37. The molecule has 0 amide bonds. The van der Waals surface area contributed by atoms with Gasteiger partial charge in [-0.15, -0.1) is 0 Å². The van der Waals surface area contributed by atoms with Crippen molar-refractivity contribution in [2.75, 3.05) is 19.5 Å². The molecule has 25 heavy (non-hydrogen) atoms. The smallest absolute Gasteiger partial charge is 0.171 e. The Balaban J connectivity index is 1.86. The molecular weight excluding hydrogens is 332 g/mol. The van der Waals surface area contributed by atoms with Gasteiger partial charge in [0.2, 0.25) is 0 Å². The molecule has 5 heteroatoms. The molecule has 0 aromatic heterocycles. The number of methoxy groups -OCH3 is 2. The highest BCUT2D eigenvalue weighted by Gasteiger charge is 2.05. The van der Waals surface area contributed by atoms with Crippen LogP contribution in [0.25, 0.3) is 0 Å². The molecule has 2 rings (SSSR count). The summed E-state index contributed by atoms with van der Waals surface area (Å²) in [4.78, 5) is 0. The molecule has 0 fully saturated rings. The van der Waals surface area contributed by atoms with Crippen LogP contribution in [0.2, 0.25) is 0 Å². The summed E-state index contributed by atoms with van der Waals surface area (Å²) in [6, 6.07) is 14.2. The summed E-state index contributed by atoms with van der Waals surface area (Å²) in [6.07, 6.45) is 3.56. The fourth-order valence-corrected chi connectivity index (χ4v) is 2.67. The Kier molecular flexibility index (Phi) is 7.54. The Morgan fingerprint density at radius 1 is 0.960 bits per heavy atom. The van der Waals surface area contributed by atoms with Crippen LogP contribution in [0.4, 0.5) is 5.69 Å². The molecule has 0 spiro atoms. The number of thiocarbonyl (C=S) groups is 1. The van der Waals surface area contributed by atoms with Crippen molar-refractivity contribution in [2.45, 2.75) is 32.7 Å². The highest BCUT2D eigenvalue weighted by Crippen LogP contribution is 2.27. The van der Waals surface area contributed by atoms with E-state index in [4.69, 9.17) is 21.7 Å². The third-order valence-corrected chi connectivity index (χ3v) is 4.18. The molecule has 2 aromatic carbocycles. The number of rotatable bonds is 8. The molecule has 0 aliphatic rings. The number of anilines is 1. The van der Waals surface area contributed by atoms with Gasteiger partial charge >= 0.3 is 0 Å². The molecule has 0 saturated carbocycles. The quantitative estimate of drug-likeness (QED) is 0.679. The average Bonchev–Trinajstić information content (AvgIpc) is 2.65. The lowest BCUT2D eigenvalue weighted by Gasteiger charge is -2.13. The number of nitrogens with one attached hydrogen (secondary N) is 2. The van der Waals surface area contributed by atoms with Crippen LogP contribution in [0.1, 0.15) is 30.9 Å². The van der Waals surface area contributed by atoms with Gasteiger partial charge in [-0.1, -0.05) is 31.5 Å². The van der Waals surface area contributed by atoms with Gasteiger partial charge in [-0.2, -0.15) is 0 Å². The van der Waals surface area contributed by atoms with Crippen molar-refractivity contribution < 1.29 is 9.47 Å². The van der Waals surface area contributed by atoms with Crippen LogP contribution in [0.3, 0.4) is 0 Å². The highest BCUT2D eigenvalue weighted by atomic mass is 32.1. The SMILES string of the molecule is CCCCc1ccc(NC(=S)NCc2ccc(OC)c(OC)c2)cc1. The number of unbranched alkanes of at least 4 members (excludes halogenated alkanes) is 1. The summed E-state index contributed by atoms with van der Waals surface area (Å²) in [7, 11) is 3.26. The molecule has 134 valence electrons. The van der Waals surface area contributed by atoms with E-state index in [0.717, 1.165) is 23.4 Å². The molecule has 2 aromatic rings. The second-order valence-corrected chi connectivity index (χ2v) is 6.21. The second kappa shape index (κ2) is 9.89. The molecule has 0 unspecified atom stereocenters. The van der Waals surface area contributed by atoms with Crippen LogP contribution in [0, 0.1) is 0 Å². The zero-order valence-electron chi connectivity index (χ0n) is 15.1. The first-order chi connectivity index (χ1) is 12.2. The zero-order chi connectivity index (χ0) is 18.1. The van der Waals surface area contributed by atoms with E-state index in [1.54, 1.807) is 14.2 Å². The predicted molar refractivity (Wildman–Crippen MR) is 108 cm³/mol.